The molecule has 0 spiro atoms. The molecule has 90 valence electrons. The summed E-state index contributed by atoms with van der Waals surface area (Å²) in [5, 5.41) is 1.08. The van der Waals surface area contributed by atoms with Gasteiger partial charge in [-0.15, -0.1) is 0 Å². The molecule has 0 fully saturated rings. The molecule has 0 saturated heterocycles. The average molecular weight is 243 g/mol. The van der Waals surface area contributed by atoms with Crippen molar-refractivity contribution in [2.45, 2.75) is 12.2 Å². The van der Waals surface area contributed by atoms with E-state index >= 15 is 0 Å². The minimum absolute atomic E-state index is 0.531. The van der Waals surface area contributed by atoms with Crippen molar-refractivity contribution in [3.63, 3.8) is 0 Å². The molecule has 0 aromatic heterocycles. The van der Waals surface area contributed by atoms with E-state index in [1.165, 1.54) is 0 Å². The molecule has 0 unspecified atom stereocenters. The Labute approximate surface area is 94.8 Å². The molecule has 0 heterocycles. The fourth-order valence-corrected chi connectivity index (χ4v) is 1.64. The molecule has 0 aliphatic heterocycles. The summed E-state index contributed by atoms with van der Waals surface area (Å²) in [6.45, 7) is 0. The molecule has 1 atom stereocenters. The third kappa shape index (κ3) is 2.24. The van der Waals surface area contributed by atoms with Gasteiger partial charge in [0.25, 0.3) is 0 Å². The van der Waals surface area contributed by atoms with Crippen LogP contribution >= 0.6 is 0 Å². The van der Waals surface area contributed by atoms with Crippen LogP contribution in [0.5, 0.6) is 0 Å². The summed E-state index contributed by atoms with van der Waals surface area (Å²) in [6.07, 6.45) is -4.65. The number of alkyl halides is 3. The molecule has 2 N–H and O–H groups in total. The maximum Gasteiger partial charge on any atom is 0.407 e. The molecule has 0 saturated carbocycles. The normalized spacial score (nSPS) is 13.9. The molecule has 0 bridgehead atoms. The van der Waals surface area contributed by atoms with Crippen molar-refractivity contribution < 1.29 is 17.6 Å². The predicted octanol–water partition coefficient (Wildman–Crippen LogP) is 3.54. The Morgan fingerprint density at radius 2 is 1.53 bits per heavy atom. The second kappa shape index (κ2) is 4.00. The summed E-state index contributed by atoms with van der Waals surface area (Å²) in [4.78, 5) is 0. The maximum atomic E-state index is 13.5. The van der Waals surface area contributed by atoms with E-state index in [1.54, 1.807) is 24.3 Å². The summed E-state index contributed by atoms with van der Waals surface area (Å²) in [5.41, 5.74) is 4.47. The third-order valence-electron chi connectivity index (χ3n) is 2.55. The predicted molar refractivity (Wildman–Crippen MR) is 56.9 cm³/mol. The first-order chi connectivity index (χ1) is 7.89. The van der Waals surface area contributed by atoms with E-state index < -0.39 is 23.6 Å². The standard InChI is InChI=1S/C12H9F4N/c13-10-6-8-4-2-1-3-7(8)5-9(10)11(17)12(14,15)16/h1-6,11H,17H2/t11-/m0/s1. The van der Waals surface area contributed by atoms with Crippen LogP contribution in [0.4, 0.5) is 17.6 Å². The van der Waals surface area contributed by atoms with Crippen LogP contribution in [0.2, 0.25) is 0 Å². The molecule has 0 aliphatic rings. The lowest BCUT2D eigenvalue weighted by atomic mass is 10.0. The van der Waals surface area contributed by atoms with Gasteiger partial charge in [0, 0.05) is 5.56 Å². The van der Waals surface area contributed by atoms with Gasteiger partial charge in [0.2, 0.25) is 0 Å². The van der Waals surface area contributed by atoms with Crippen molar-refractivity contribution in [2.24, 2.45) is 5.73 Å². The summed E-state index contributed by atoms with van der Waals surface area (Å²) in [7, 11) is 0. The van der Waals surface area contributed by atoms with Crippen molar-refractivity contribution >= 4 is 10.8 Å². The van der Waals surface area contributed by atoms with Gasteiger partial charge >= 0.3 is 6.18 Å². The minimum Gasteiger partial charge on any atom is -0.316 e. The van der Waals surface area contributed by atoms with Gasteiger partial charge in [0.1, 0.15) is 11.9 Å². The molecular weight excluding hydrogens is 234 g/mol. The maximum absolute atomic E-state index is 13.5. The van der Waals surface area contributed by atoms with Gasteiger partial charge in [-0.05, 0) is 22.9 Å². The van der Waals surface area contributed by atoms with Crippen LogP contribution in [0, 0.1) is 5.82 Å². The number of hydrogen-bond acceptors (Lipinski definition) is 1. The number of benzene rings is 2. The van der Waals surface area contributed by atoms with Gasteiger partial charge in [-0.25, -0.2) is 4.39 Å². The zero-order valence-electron chi connectivity index (χ0n) is 8.63. The Balaban J connectivity index is 2.58. The van der Waals surface area contributed by atoms with Crippen molar-refractivity contribution in [1.82, 2.24) is 0 Å². The van der Waals surface area contributed by atoms with Crippen molar-refractivity contribution in [3.8, 4) is 0 Å². The van der Waals surface area contributed by atoms with E-state index in [-0.39, 0.29) is 0 Å². The second-order valence-electron chi connectivity index (χ2n) is 3.74. The Hall–Kier alpha value is -1.62. The topological polar surface area (TPSA) is 26.0 Å². The smallest absolute Gasteiger partial charge is 0.316 e. The van der Waals surface area contributed by atoms with Gasteiger partial charge in [-0.2, -0.15) is 13.2 Å². The van der Waals surface area contributed by atoms with Crippen LogP contribution in [-0.4, -0.2) is 6.18 Å². The zero-order valence-corrected chi connectivity index (χ0v) is 8.63. The van der Waals surface area contributed by atoms with E-state index in [9.17, 15) is 17.6 Å². The molecule has 2 rings (SSSR count). The molecule has 0 radical (unpaired) electrons. The first kappa shape index (κ1) is 11.9. The largest absolute Gasteiger partial charge is 0.407 e. The van der Waals surface area contributed by atoms with E-state index in [0.717, 1.165) is 12.1 Å². The highest BCUT2D eigenvalue weighted by molar-refractivity contribution is 5.83. The molecule has 0 aliphatic carbocycles. The van der Waals surface area contributed by atoms with Crippen LogP contribution in [0.1, 0.15) is 11.6 Å². The van der Waals surface area contributed by atoms with Gasteiger partial charge in [-0.1, -0.05) is 24.3 Å². The van der Waals surface area contributed by atoms with E-state index in [1.807, 2.05) is 0 Å². The molecule has 2 aromatic carbocycles. The van der Waals surface area contributed by atoms with Crippen molar-refractivity contribution in [3.05, 3.63) is 47.8 Å². The first-order valence-electron chi connectivity index (χ1n) is 4.90. The molecule has 17 heavy (non-hydrogen) atoms. The van der Waals surface area contributed by atoms with Crippen LogP contribution in [0.15, 0.2) is 36.4 Å². The van der Waals surface area contributed by atoms with E-state index in [4.69, 9.17) is 5.73 Å². The summed E-state index contributed by atoms with van der Waals surface area (Å²) in [5.74, 6) is -0.937. The minimum atomic E-state index is -4.65. The lowest BCUT2D eigenvalue weighted by Gasteiger charge is -2.17. The van der Waals surface area contributed by atoms with E-state index in [2.05, 4.69) is 0 Å². The van der Waals surface area contributed by atoms with Crippen LogP contribution in [0.3, 0.4) is 0 Å². The highest BCUT2D eigenvalue weighted by Crippen LogP contribution is 2.33. The lowest BCUT2D eigenvalue weighted by molar-refractivity contribution is -0.149. The summed E-state index contributed by atoms with van der Waals surface area (Å²) < 4.78 is 50.8. The Kier molecular flexibility index (Phi) is 2.79. The van der Waals surface area contributed by atoms with Crippen molar-refractivity contribution in [2.75, 3.05) is 0 Å². The highest BCUT2D eigenvalue weighted by atomic mass is 19.4. The average Bonchev–Trinajstić information content (AvgIpc) is 2.26. The van der Waals surface area contributed by atoms with Crippen LogP contribution in [0.25, 0.3) is 10.8 Å². The van der Waals surface area contributed by atoms with E-state index in [0.29, 0.717) is 10.8 Å². The zero-order chi connectivity index (χ0) is 12.6. The number of rotatable bonds is 1. The molecule has 0 amide bonds. The first-order valence-corrected chi connectivity index (χ1v) is 4.90. The lowest BCUT2D eigenvalue weighted by Crippen LogP contribution is -2.29. The fourth-order valence-electron chi connectivity index (χ4n) is 1.64. The van der Waals surface area contributed by atoms with Gasteiger partial charge < -0.3 is 5.73 Å². The number of halogens is 4. The Morgan fingerprint density at radius 3 is 2.06 bits per heavy atom. The number of hydrogen-bond donors (Lipinski definition) is 1. The molecular formula is C12H9F4N. The van der Waals surface area contributed by atoms with Gasteiger partial charge in [-0.3, -0.25) is 0 Å². The Bertz CT molecular complexity index is 548. The van der Waals surface area contributed by atoms with Crippen molar-refractivity contribution in [1.29, 1.82) is 0 Å². The monoisotopic (exact) mass is 243 g/mol. The SMILES string of the molecule is N[C@@H](c1cc2ccccc2cc1F)C(F)(F)F. The molecule has 1 nitrogen and oxygen atoms in total. The molecule has 5 heteroatoms. The summed E-state index contributed by atoms with van der Waals surface area (Å²) in [6, 6.07) is 6.50. The fraction of sp³-hybridized carbons (Fsp3) is 0.167. The van der Waals surface area contributed by atoms with Gasteiger partial charge in [0.05, 0.1) is 0 Å². The summed E-state index contributed by atoms with van der Waals surface area (Å²) >= 11 is 0. The van der Waals surface area contributed by atoms with Gasteiger partial charge in [0.15, 0.2) is 0 Å². The molecule has 2 aromatic rings. The highest BCUT2D eigenvalue weighted by Gasteiger charge is 2.39. The van der Waals surface area contributed by atoms with Crippen LogP contribution < -0.4 is 5.73 Å². The Morgan fingerprint density at radius 1 is 1.00 bits per heavy atom. The number of fused-ring (bicyclic) bond motifs is 1. The quantitative estimate of drug-likeness (QED) is 0.761. The van der Waals surface area contributed by atoms with Crippen LogP contribution in [-0.2, 0) is 0 Å². The second-order valence-corrected chi connectivity index (χ2v) is 3.74. The number of nitrogens with two attached hydrogens (primary N) is 1. The third-order valence-corrected chi connectivity index (χ3v) is 2.55.